The van der Waals surface area contributed by atoms with E-state index in [1.807, 2.05) is 60.7 Å². The molecule has 0 aliphatic rings. The van der Waals surface area contributed by atoms with Crippen molar-refractivity contribution in [3.8, 4) is 0 Å². The molecule has 0 spiro atoms. The van der Waals surface area contributed by atoms with Crippen molar-refractivity contribution in [2.75, 3.05) is 17.2 Å². The number of aromatic carboxylic acids is 1. The molecular weight excluding hydrogens is 402 g/mol. The molecule has 0 aromatic heterocycles. The maximum atomic E-state index is 12.2. The topological polar surface area (TPSA) is 122 Å². The molecule has 0 saturated heterocycles. The van der Waals surface area contributed by atoms with Gasteiger partial charge < -0.3 is 15.7 Å². The monoisotopic (exact) mass is 425 g/mol. The Balaban J connectivity index is 1.93. The van der Waals surface area contributed by atoms with Crippen molar-refractivity contribution in [3.63, 3.8) is 0 Å². The Labute approximate surface area is 175 Å². The van der Waals surface area contributed by atoms with Gasteiger partial charge in [0.05, 0.1) is 16.9 Å². The highest BCUT2D eigenvalue weighted by molar-refractivity contribution is 7.89. The van der Waals surface area contributed by atoms with Crippen LogP contribution in [-0.4, -0.2) is 26.0 Å². The Bertz CT molecular complexity index is 1120. The third-order valence-corrected chi connectivity index (χ3v) is 5.47. The van der Waals surface area contributed by atoms with Gasteiger partial charge in [-0.05, 0) is 29.7 Å². The van der Waals surface area contributed by atoms with Gasteiger partial charge in [0.15, 0.2) is 0 Å². The van der Waals surface area contributed by atoms with Crippen LogP contribution in [0.4, 0.5) is 11.4 Å². The van der Waals surface area contributed by atoms with Crippen molar-refractivity contribution in [3.05, 3.63) is 89.5 Å². The summed E-state index contributed by atoms with van der Waals surface area (Å²) >= 11 is 0. The molecule has 7 nitrogen and oxygen atoms in total. The van der Waals surface area contributed by atoms with Crippen molar-refractivity contribution >= 4 is 27.4 Å². The van der Waals surface area contributed by atoms with Crippen LogP contribution in [0.15, 0.2) is 77.7 Å². The van der Waals surface area contributed by atoms with E-state index in [0.29, 0.717) is 25.2 Å². The zero-order valence-corrected chi connectivity index (χ0v) is 17.0. The van der Waals surface area contributed by atoms with Crippen LogP contribution < -0.4 is 15.8 Å². The van der Waals surface area contributed by atoms with Gasteiger partial charge in [-0.3, -0.25) is 0 Å². The summed E-state index contributed by atoms with van der Waals surface area (Å²) in [6, 6.07) is 21.7. The lowest BCUT2D eigenvalue weighted by molar-refractivity contribution is 0.0696. The van der Waals surface area contributed by atoms with Crippen molar-refractivity contribution in [2.24, 2.45) is 5.14 Å². The van der Waals surface area contributed by atoms with E-state index in [2.05, 4.69) is 10.6 Å². The predicted molar refractivity (Wildman–Crippen MR) is 117 cm³/mol. The molecule has 30 heavy (non-hydrogen) atoms. The highest BCUT2D eigenvalue weighted by atomic mass is 32.2. The standard InChI is InChI=1S/C22H23N3O4S/c23-30(28,29)20-14-18(22(26)27)13-19(25-15-17-9-5-2-6-10-17)21(20)24-12-11-16-7-3-1-4-8-16/h1-10,13-14,24-25H,11-12,15H2,(H,26,27)(H2,23,28,29). The number of sulfonamides is 1. The molecule has 0 unspecified atom stereocenters. The fourth-order valence-corrected chi connectivity index (χ4v) is 3.81. The number of carboxylic acids is 1. The Kier molecular flexibility index (Phi) is 6.71. The van der Waals surface area contributed by atoms with Gasteiger partial charge >= 0.3 is 5.97 Å². The van der Waals surface area contributed by atoms with Crippen LogP contribution in [0.3, 0.4) is 0 Å². The summed E-state index contributed by atoms with van der Waals surface area (Å²) in [6.07, 6.45) is 0.656. The van der Waals surface area contributed by atoms with Crippen LogP contribution in [0.1, 0.15) is 21.5 Å². The first kappa shape index (κ1) is 21.4. The number of nitrogens with one attached hydrogen (secondary N) is 2. The van der Waals surface area contributed by atoms with Gasteiger partial charge in [0.1, 0.15) is 4.90 Å². The largest absolute Gasteiger partial charge is 0.478 e. The molecular formula is C22H23N3O4S. The molecule has 0 amide bonds. The number of hydrogen-bond acceptors (Lipinski definition) is 5. The number of rotatable bonds is 9. The molecule has 3 aromatic carbocycles. The maximum Gasteiger partial charge on any atom is 0.335 e. The van der Waals surface area contributed by atoms with Gasteiger partial charge in [-0.25, -0.2) is 18.4 Å². The summed E-state index contributed by atoms with van der Waals surface area (Å²) < 4.78 is 24.4. The third kappa shape index (κ3) is 5.59. The number of carbonyl (C=O) groups is 1. The van der Waals surface area contributed by atoms with Crippen LogP contribution in [-0.2, 0) is 23.0 Å². The first-order valence-corrected chi connectivity index (χ1v) is 10.9. The van der Waals surface area contributed by atoms with Crippen molar-refractivity contribution in [1.29, 1.82) is 0 Å². The van der Waals surface area contributed by atoms with Crippen LogP contribution in [0, 0.1) is 0 Å². The number of primary sulfonamides is 1. The quantitative estimate of drug-likeness (QED) is 0.417. The average Bonchev–Trinajstić information content (AvgIpc) is 2.73. The molecule has 0 atom stereocenters. The van der Waals surface area contributed by atoms with E-state index in [1.54, 1.807) is 0 Å². The molecule has 0 heterocycles. The molecule has 0 fully saturated rings. The van der Waals surface area contributed by atoms with E-state index in [1.165, 1.54) is 6.07 Å². The van der Waals surface area contributed by atoms with Gasteiger partial charge in [0.25, 0.3) is 0 Å². The van der Waals surface area contributed by atoms with E-state index in [0.717, 1.165) is 17.2 Å². The summed E-state index contributed by atoms with van der Waals surface area (Å²) in [5.74, 6) is -1.24. The fourth-order valence-electron chi connectivity index (χ4n) is 3.05. The normalized spacial score (nSPS) is 11.1. The Morgan fingerprint density at radius 1 is 0.900 bits per heavy atom. The van der Waals surface area contributed by atoms with Crippen molar-refractivity contribution in [1.82, 2.24) is 0 Å². The molecule has 0 radical (unpaired) electrons. The minimum atomic E-state index is -4.16. The van der Waals surface area contributed by atoms with E-state index < -0.39 is 16.0 Å². The SMILES string of the molecule is NS(=O)(=O)c1cc(C(=O)O)cc(NCc2ccccc2)c1NCCc1ccccc1. The number of anilines is 2. The summed E-state index contributed by atoms with van der Waals surface area (Å²) in [4.78, 5) is 11.3. The second kappa shape index (κ2) is 9.43. The van der Waals surface area contributed by atoms with E-state index in [-0.39, 0.29) is 16.1 Å². The first-order chi connectivity index (χ1) is 14.3. The molecule has 156 valence electrons. The zero-order chi connectivity index (χ0) is 21.6. The highest BCUT2D eigenvalue weighted by Crippen LogP contribution is 2.32. The molecule has 5 N–H and O–H groups in total. The van der Waals surface area contributed by atoms with E-state index in [9.17, 15) is 18.3 Å². The molecule has 0 aliphatic carbocycles. The summed E-state index contributed by atoms with van der Waals surface area (Å²) in [6.45, 7) is 0.834. The van der Waals surface area contributed by atoms with Gasteiger partial charge in [0, 0.05) is 13.1 Å². The Hall–Kier alpha value is -3.36. The molecule has 0 bridgehead atoms. The number of carboxylic acid groups (broad SMARTS) is 1. The highest BCUT2D eigenvalue weighted by Gasteiger charge is 2.21. The van der Waals surface area contributed by atoms with Crippen LogP contribution >= 0.6 is 0 Å². The smallest absolute Gasteiger partial charge is 0.335 e. The summed E-state index contributed by atoms with van der Waals surface area (Å²) in [5, 5.41) is 21.1. The fraction of sp³-hybridized carbons (Fsp3) is 0.136. The molecule has 8 heteroatoms. The average molecular weight is 426 g/mol. The van der Waals surface area contributed by atoms with Crippen molar-refractivity contribution in [2.45, 2.75) is 17.9 Å². The predicted octanol–water partition coefficient (Wildman–Crippen LogP) is 3.30. The lowest BCUT2D eigenvalue weighted by Gasteiger charge is -2.18. The second-order valence-corrected chi connectivity index (χ2v) is 8.28. The number of hydrogen-bond donors (Lipinski definition) is 4. The molecule has 3 rings (SSSR count). The van der Waals surface area contributed by atoms with Crippen LogP contribution in [0.5, 0.6) is 0 Å². The Morgan fingerprint density at radius 3 is 2.07 bits per heavy atom. The summed E-state index contributed by atoms with van der Waals surface area (Å²) in [7, 11) is -4.16. The first-order valence-electron chi connectivity index (χ1n) is 9.34. The third-order valence-electron chi connectivity index (χ3n) is 4.54. The molecule has 0 aliphatic heterocycles. The van der Waals surface area contributed by atoms with Crippen LogP contribution in [0.25, 0.3) is 0 Å². The maximum absolute atomic E-state index is 12.2. The number of benzene rings is 3. The number of nitrogens with two attached hydrogens (primary N) is 1. The van der Waals surface area contributed by atoms with E-state index in [4.69, 9.17) is 5.14 Å². The van der Waals surface area contributed by atoms with Gasteiger partial charge in [-0.2, -0.15) is 0 Å². The second-order valence-electron chi connectivity index (χ2n) is 6.75. The lowest BCUT2D eigenvalue weighted by atomic mass is 10.1. The minimum absolute atomic E-state index is 0.164. The molecule has 3 aromatic rings. The Morgan fingerprint density at radius 2 is 1.50 bits per heavy atom. The molecule has 0 saturated carbocycles. The van der Waals surface area contributed by atoms with Gasteiger partial charge in [0.2, 0.25) is 10.0 Å². The minimum Gasteiger partial charge on any atom is -0.478 e. The van der Waals surface area contributed by atoms with Gasteiger partial charge in [-0.1, -0.05) is 60.7 Å². The van der Waals surface area contributed by atoms with Gasteiger partial charge in [-0.15, -0.1) is 0 Å². The van der Waals surface area contributed by atoms with Crippen LogP contribution in [0.2, 0.25) is 0 Å². The zero-order valence-electron chi connectivity index (χ0n) is 16.2. The summed E-state index contributed by atoms with van der Waals surface area (Å²) in [5.41, 5.74) is 2.50. The van der Waals surface area contributed by atoms with Crippen molar-refractivity contribution < 1.29 is 18.3 Å². The van der Waals surface area contributed by atoms with E-state index >= 15 is 0 Å². The lowest BCUT2D eigenvalue weighted by Crippen LogP contribution is -2.19.